The van der Waals surface area contributed by atoms with E-state index in [0.29, 0.717) is 6.61 Å². The van der Waals surface area contributed by atoms with Crippen LogP contribution in [-0.2, 0) is 11.3 Å². The van der Waals surface area contributed by atoms with E-state index in [9.17, 15) is 0 Å². The number of hydrogen-bond acceptors (Lipinski definition) is 5. The lowest BCUT2D eigenvalue weighted by Crippen LogP contribution is -2.19. The van der Waals surface area contributed by atoms with Crippen LogP contribution >= 0.6 is 0 Å². The molecule has 0 amide bonds. The van der Waals surface area contributed by atoms with E-state index < -0.39 is 0 Å². The number of methoxy groups -OCH3 is 1. The van der Waals surface area contributed by atoms with Crippen molar-refractivity contribution in [1.82, 2.24) is 5.32 Å². The Morgan fingerprint density at radius 1 is 1.14 bits per heavy atom. The fourth-order valence-corrected chi connectivity index (χ4v) is 2.17. The van der Waals surface area contributed by atoms with Gasteiger partial charge in [0, 0.05) is 31.8 Å². The molecule has 0 radical (unpaired) electrons. The summed E-state index contributed by atoms with van der Waals surface area (Å²) in [6.07, 6.45) is 3.45. The summed E-state index contributed by atoms with van der Waals surface area (Å²) in [5, 5.41) is 3.33. The molecule has 0 spiro atoms. The van der Waals surface area contributed by atoms with Crippen molar-refractivity contribution in [3.8, 4) is 17.2 Å². The molecule has 1 heterocycles. The molecule has 5 nitrogen and oxygen atoms in total. The van der Waals surface area contributed by atoms with E-state index in [1.165, 1.54) is 12.8 Å². The fraction of sp³-hybridized carbons (Fsp3) is 0.625. The highest BCUT2D eigenvalue weighted by Crippen LogP contribution is 2.38. The van der Waals surface area contributed by atoms with Gasteiger partial charge in [-0.1, -0.05) is 19.8 Å². The first-order valence-electron chi connectivity index (χ1n) is 7.60. The van der Waals surface area contributed by atoms with Crippen molar-refractivity contribution in [1.29, 1.82) is 0 Å². The number of fused-ring (bicyclic) bond motifs is 1. The zero-order valence-corrected chi connectivity index (χ0v) is 12.9. The molecule has 118 valence electrons. The molecule has 0 fully saturated rings. The van der Waals surface area contributed by atoms with E-state index in [-0.39, 0.29) is 6.79 Å². The normalized spacial score (nSPS) is 12.7. The molecule has 0 saturated heterocycles. The quantitative estimate of drug-likeness (QED) is 0.673. The monoisotopic (exact) mass is 295 g/mol. The Balaban J connectivity index is 1.97. The number of unbranched alkanes of at least 4 members (excludes halogenated alkanes) is 2. The molecule has 0 bridgehead atoms. The maximum absolute atomic E-state index is 5.91. The van der Waals surface area contributed by atoms with Crippen molar-refractivity contribution in [3.05, 3.63) is 17.7 Å². The van der Waals surface area contributed by atoms with E-state index in [2.05, 4.69) is 12.2 Å². The van der Waals surface area contributed by atoms with Crippen LogP contribution in [-0.4, -0.2) is 33.7 Å². The Hall–Kier alpha value is -1.46. The lowest BCUT2D eigenvalue weighted by atomic mass is 10.1. The lowest BCUT2D eigenvalue weighted by molar-refractivity contribution is 0.173. The van der Waals surface area contributed by atoms with Gasteiger partial charge in [0.1, 0.15) is 5.75 Å². The second-order valence-corrected chi connectivity index (χ2v) is 5.04. The van der Waals surface area contributed by atoms with Crippen LogP contribution in [0.15, 0.2) is 12.1 Å². The summed E-state index contributed by atoms with van der Waals surface area (Å²) in [5.74, 6) is 2.43. The SMILES string of the molecule is CCCCCOc1cc2c(cc1CNCCOC)OCO2. The van der Waals surface area contributed by atoms with Crippen LogP contribution in [0.2, 0.25) is 0 Å². The number of nitrogens with one attached hydrogen (secondary N) is 1. The Labute approximate surface area is 126 Å². The molecule has 1 N–H and O–H groups in total. The van der Waals surface area contributed by atoms with E-state index >= 15 is 0 Å². The molecular formula is C16H25NO4. The van der Waals surface area contributed by atoms with Gasteiger partial charge in [-0.3, -0.25) is 0 Å². The molecule has 5 heteroatoms. The molecule has 0 aliphatic carbocycles. The Kier molecular flexibility index (Phi) is 6.63. The van der Waals surface area contributed by atoms with Gasteiger partial charge in [0.05, 0.1) is 13.2 Å². The number of benzene rings is 1. The Morgan fingerprint density at radius 3 is 2.71 bits per heavy atom. The van der Waals surface area contributed by atoms with Gasteiger partial charge in [-0.25, -0.2) is 0 Å². The summed E-state index contributed by atoms with van der Waals surface area (Å²) in [6, 6.07) is 3.93. The maximum Gasteiger partial charge on any atom is 0.231 e. The molecule has 2 rings (SSSR count). The molecule has 21 heavy (non-hydrogen) atoms. The molecule has 0 atom stereocenters. The van der Waals surface area contributed by atoms with Gasteiger partial charge in [0.15, 0.2) is 11.5 Å². The first-order chi connectivity index (χ1) is 10.3. The molecule has 0 aromatic heterocycles. The van der Waals surface area contributed by atoms with Crippen molar-refractivity contribution >= 4 is 0 Å². The van der Waals surface area contributed by atoms with Gasteiger partial charge < -0.3 is 24.3 Å². The van der Waals surface area contributed by atoms with Crippen molar-refractivity contribution in [2.24, 2.45) is 0 Å². The summed E-state index contributed by atoms with van der Waals surface area (Å²) < 4.78 is 21.8. The summed E-state index contributed by atoms with van der Waals surface area (Å²) in [5.41, 5.74) is 1.09. The summed E-state index contributed by atoms with van der Waals surface area (Å²) in [7, 11) is 1.70. The number of ether oxygens (including phenoxy) is 4. The van der Waals surface area contributed by atoms with Crippen molar-refractivity contribution in [2.45, 2.75) is 32.7 Å². The highest BCUT2D eigenvalue weighted by Gasteiger charge is 2.17. The van der Waals surface area contributed by atoms with Crippen molar-refractivity contribution in [2.75, 3.05) is 33.7 Å². The first kappa shape index (κ1) is 15.9. The van der Waals surface area contributed by atoms with Gasteiger partial charge >= 0.3 is 0 Å². The molecule has 1 aromatic carbocycles. The van der Waals surface area contributed by atoms with E-state index in [1.807, 2.05) is 12.1 Å². The van der Waals surface area contributed by atoms with Crippen LogP contribution in [0.1, 0.15) is 31.7 Å². The van der Waals surface area contributed by atoms with Crippen LogP contribution in [0, 0.1) is 0 Å². The topological polar surface area (TPSA) is 49.0 Å². The minimum Gasteiger partial charge on any atom is -0.493 e. The Bertz CT molecular complexity index is 398. The van der Waals surface area contributed by atoms with Crippen LogP contribution in [0.25, 0.3) is 0 Å². The second-order valence-electron chi connectivity index (χ2n) is 5.04. The van der Waals surface area contributed by atoms with Crippen molar-refractivity contribution in [3.63, 3.8) is 0 Å². The predicted octanol–water partition coefficient (Wildman–Crippen LogP) is 2.72. The first-order valence-corrected chi connectivity index (χ1v) is 7.60. The molecule has 1 aliphatic rings. The van der Waals surface area contributed by atoms with Gasteiger partial charge in [0.2, 0.25) is 6.79 Å². The lowest BCUT2D eigenvalue weighted by Gasteiger charge is -2.13. The van der Waals surface area contributed by atoms with Crippen LogP contribution in [0.3, 0.4) is 0 Å². The minimum atomic E-state index is 0.283. The fourth-order valence-electron chi connectivity index (χ4n) is 2.17. The van der Waals surface area contributed by atoms with Crippen LogP contribution in [0.4, 0.5) is 0 Å². The standard InChI is InChI=1S/C16H25NO4/c1-3-4-5-7-19-14-10-16-15(20-12-21-16)9-13(14)11-17-6-8-18-2/h9-10,17H,3-8,11-12H2,1-2H3. The van der Waals surface area contributed by atoms with Crippen LogP contribution in [0.5, 0.6) is 17.2 Å². The second kappa shape index (κ2) is 8.74. The summed E-state index contributed by atoms with van der Waals surface area (Å²) >= 11 is 0. The third-order valence-corrected chi connectivity index (χ3v) is 3.36. The van der Waals surface area contributed by atoms with E-state index in [1.54, 1.807) is 7.11 Å². The van der Waals surface area contributed by atoms with E-state index in [4.69, 9.17) is 18.9 Å². The summed E-state index contributed by atoms with van der Waals surface area (Å²) in [4.78, 5) is 0. The highest BCUT2D eigenvalue weighted by molar-refractivity contribution is 5.51. The van der Waals surface area contributed by atoms with Gasteiger partial charge in [0.25, 0.3) is 0 Å². The van der Waals surface area contributed by atoms with Crippen LogP contribution < -0.4 is 19.5 Å². The number of hydrogen-bond donors (Lipinski definition) is 1. The summed E-state index contributed by atoms with van der Waals surface area (Å²) in [6.45, 7) is 5.43. The molecule has 1 aliphatic heterocycles. The third-order valence-electron chi connectivity index (χ3n) is 3.36. The molecular weight excluding hydrogens is 270 g/mol. The smallest absolute Gasteiger partial charge is 0.231 e. The largest absolute Gasteiger partial charge is 0.493 e. The van der Waals surface area contributed by atoms with E-state index in [0.717, 1.165) is 48.9 Å². The molecule has 0 saturated carbocycles. The number of rotatable bonds is 10. The zero-order valence-electron chi connectivity index (χ0n) is 12.9. The van der Waals surface area contributed by atoms with Crippen molar-refractivity contribution < 1.29 is 18.9 Å². The Morgan fingerprint density at radius 2 is 1.95 bits per heavy atom. The molecule has 0 unspecified atom stereocenters. The van der Waals surface area contributed by atoms with Gasteiger partial charge in [-0.15, -0.1) is 0 Å². The maximum atomic E-state index is 5.91. The zero-order chi connectivity index (χ0) is 14.9. The van der Waals surface area contributed by atoms with Gasteiger partial charge in [-0.05, 0) is 12.5 Å². The average molecular weight is 295 g/mol. The molecule has 1 aromatic rings. The highest BCUT2D eigenvalue weighted by atomic mass is 16.7. The predicted molar refractivity (Wildman–Crippen MR) is 81.2 cm³/mol. The average Bonchev–Trinajstić information content (AvgIpc) is 2.95. The third kappa shape index (κ3) is 4.79. The van der Waals surface area contributed by atoms with Gasteiger partial charge in [-0.2, -0.15) is 0 Å². The minimum absolute atomic E-state index is 0.283.